The number of hydrazine groups is 1. The summed E-state index contributed by atoms with van der Waals surface area (Å²) in [5, 5.41) is 5.01. The number of nitrogens with zero attached hydrogens (tertiary/aromatic N) is 3. The molecule has 1 atom stereocenters. The predicted molar refractivity (Wildman–Crippen MR) is 82.5 cm³/mol. The van der Waals surface area contributed by atoms with Crippen molar-refractivity contribution in [1.82, 2.24) is 20.1 Å². The number of halogens is 1. The van der Waals surface area contributed by atoms with Crippen LogP contribution in [0.1, 0.15) is 51.8 Å². The summed E-state index contributed by atoms with van der Waals surface area (Å²) in [6, 6.07) is -0.0458. The highest BCUT2D eigenvalue weighted by Crippen LogP contribution is 2.35. The summed E-state index contributed by atoms with van der Waals surface area (Å²) in [5.74, 6) is 5.87. The first kappa shape index (κ1) is 15.8. The largest absolute Gasteiger partial charge is 0.296 e. The van der Waals surface area contributed by atoms with Crippen LogP contribution in [-0.4, -0.2) is 33.3 Å². The summed E-state index contributed by atoms with van der Waals surface area (Å²) in [4.78, 5) is 2.50. The first-order chi connectivity index (χ1) is 9.52. The van der Waals surface area contributed by atoms with E-state index in [1.807, 2.05) is 4.68 Å². The van der Waals surface area contributed by atoms with Gasteiger partial charge in [0, 0.05) is 12.1 Å². The quantitative estimate of drug-likeness (QED) is 0.647. The van der Waals surface area contributed by atoms with E-state index in [9.17, 15) is 0 Å². The Bertz CT molecular complexity index is 437. The van der Waals surface area contributed by atoms with Crippen LogP contribution in [0.25, 0.3) is 0 Å². The van der Waals surface area contributed by atoms with Crippen molar-refractivity contribution < 1.29 is 0 Å². The third kappa shape index (κ3) is 2.86. The number of nitrogens with two attached hydrogens (primary N) is 1. The van der Waals surface area contributed by atoms with Gasteiger partial charge in [0.15, 0.2) is 0 Å². The van der Waals surface area contributed by atoms with Crippen LogP contribution in [0, 0.1) is 0 Å². The highest BCUT2D eigenvalue weighted by atomic mass is 35.5. The number of hydrogen-bond acceptors (Lipinski definition) is 4. The van der Waals surface area contributed by atoms with E-state index >= 15 is 0 Å². The van der Waals surface area contributed by atoms with Crippen LogP contribution < -0.4 is 11.3 Å². The van der Waals surface area contributed by atoms with E-state index in [1.165, 1.54) is 19.3 Å². The van der Waals surface area contributed by atoms with Crippen molar-refractivity contribution in [2.75, 3.05) is 13.1 Å². The maximum absolute atomic E-state index is 6.34. The monoisotopic (exact) mass is 299 g/mol. The van der Waals surface area contributed by atoms with Crippen molar-refractivity contribution in [3.63, 3.8) is 0 Å². The Kier molecular flexibility index (Phi) is 5.07. The summed E-state index contributed by atoms with van der Waals surface area (Å²) >= 11 is 6.34. The Balaban J connectivity index is 2.32. The summed E-state index contributed by atoms with van der Waals surface area (Å²) in [5.41, 5.74) is 3.84. The molecule has 2 heterocycles. The molecule has 0 aromatic carbocycles. The molecular weight excluding hydrogens is 274 g/mol. The Morgan fingerprint density at radius 3 is 2.60 bits per heavy atom. The van der Waals surface area contributed by atoms with Crippen molar-refractivity contribution in [3.8, 4) is 0 Å². The maximum atomic E-state index is 6.34. The minimum Gasteiger partial charge on any atom is -0.296 e. The lowest BCUT2D eigenvalue weighted by molar-refractivity contribution is 0.0579. The highest BCUT2D eigenvalue weighted by molar-refractivity contribution is 6.31. The van der Waals surface area contributed by atoms with Gasteiger partial charge < -0.3 is 0 Å². The fourth-order valence-electron chi connectivity index (χ4n) is 3.18. The number of aryl methyl sites for hydroxylation is 1. The molecule has 0 saturated carbocycles. The number of nitrogens with one attached hydrogen (secondary N) is 1. The SMILES string of the molecule is CCn1ncc(Cl)c1C(NN)C(C)(C)N1CCCCC1. The van der Waals surface area contributed by atoms with E-state index in [1.54, 1.807) is 6.20 Å². The van der Waals surface area contributed by atoms with Crippen molar-refractivity contribution in [2.45, 2.75) is 58.2 Å². The van der Waals surface area contributed by atoms with Crippen molar-refractivity contribution >= 4 is 11.6 Å². The highest BCUT2D eigenvalue weighted by Gasteiger charge is 2.39. The molecule has 3 N–H and O–H groups in total. The van der Waals surface area contributed by atoms with Gasteiger partial charge in [0.25, 0.3) is 0 Å². The second-order valence-corrected chi connectivity index (χ2v) is 6.40. The zero-order chi connectivity index (χ0) is 14.8. The van der Waals surface area contributed by atoms with E-state index in [2.05, 4.69) is 36.2 Å². The summed E-state index contributed by atoms with van der Waals surface area (Å²) in [7, 11) is 0. The molecule has 0 bridgehead atoms. The number of piperidine rings is 1. The second kappa shape index (κ2) is 6.43. The van der Waals surface area contributed by atoms with E-state index < -0.39 is 0 Å². The zero-order valence-electron chi connectivity index (χ0n) is 12.7. The van der Waals surface area contributed by atoms with Crippen molar-refractivity contribution in [2.24, 2.45) is 5.84 Å². The fraction of sp³-hybridized carbons (Fsp3) is 0.786. The molecule has 1 unspecified atom stereocenters. The standard InChI is InChI=1S/C14H26ClN5/c1-4-20-12(11(15)10-17-20)13(18-16)14(2,3)19-8-6-5-7-9-19/h10,13,18H,4-9,16H2,1-3H3. The van der Waals surface area contributed by atoms with Gasteiger partial charge in [0.1, 0.15) is 0 Å². The van der Waals surface area contributed by atoms with Gasteiger partial charge in [0.05, 0.1) is 23.0 Å². The number of hydrogen-bond donors (Lipinski definition) is 2. The van der Waals surface area contributed by atoms with E-state index in [0.717, 1.165) is 25.3 Å². The molecule has 1 fully saturated rings. The molecule has 2 rings (SSSR count). The molecule has 6 heteroatoms. The number of rotatable bonds is 5. The van der Waals surface area contributed by atoms with Crippen LogP contribution in [0.2, 0.25) is 5.02 Å². The second-order valence-electron chi connectivity index (χ2n) is 5.99. The van der Waals surface area contributed by atoms with Gasteiger partial charge in [-0.2, -0.15) is 5.10 Å². The molecule has 0 amide bonds. The van der Waals surface area contributed by atoms with Crippen LogP contribution in [0.5, 0.6) is 0 Å². The molecule has 1 aliphatic rings. The molecule has 0 spiro atoms. The van der Waals surface area contributed by atoms with Gasteiger partial charge in [0.2, 0.25) is 0 Å². The Morgan fingerprint density at radius 2 is 2.05 bits per heavy atom. The summed E-state index contributed by atoms with van der Waals surface area (Å²) in [6.45, 7) is 9.54. The van der Waals surface area contributed by atoms with Gasteiger partial charge in [-0.15, -0.1) is 0 Å². The third-order valence-corrected chi connectivity index (χ3v) is 4.74. The summed E-state index contributed by atoms with van der Waals surface area (Å²) in [6.07, 6.45) is 5.53. The third-order valence-electron chi connectivity index (χ3n) is 4.45. The molecule has 1 saturated heterocycles. The van der Waals surface area contributed by atoms with Crippen molar-refractivity contribution in [1.29, 1.82) is 0 Å². The van der Waals surface area contributed by atoms with Gasteiger partial charge in [-0.25, -0.2) is 5.43 Å². The van der Waals surface area contributed by atoms with Gasteiger partial charge >= 0.3 is 0 Å². The van der Waals surface area contributed by atoms with Crippen LogP contribution in [0.4, 0.5) is 0 Å². The number of likely N-dealkylation sites (tertiary alicyclic amines) is 1. The smallest absolute Gasteiger partial charge is 0.0835 e. The van der Waals surface area contributed by atoms with Crippen molar-refractivity contribution in [3.05, 3.63) is 16.9 Å². The van der Waals surface area contributed by atoms with E-state index in [-0.39, 0.29) is 11.6 Å². The fourth-order valence-corrected chi connectivity index (χ4v) is 3.43. The first-order valence-electron chi connectivity index (χ1n) is 7.44. The predicted octanol–water partition coefficient (Wildman–Crippen LogP) is 2.33. The Hall–Kier alpha value is -0.620. The lowest BCUT2D eigenvalue weighted by Gasteiger charge is -2.45. The van der Waals surface area contributed by atoms with Crippen LogP contribution in [0.3, 0.4) is 0 Å². The van der Waals surface area contributed by atoms with E-state index in [0.29, 0.717) is 5.02 Å². The lowest BCUT2D eigenvalue weighted by Crippen LogP contribution is -2.56. The lowest BCUT2D eigenvalue weighted by atomic mass is 9.88. The molecule has 1 aromatic rings. The molecule has 114 valence electrons. The molecule has 20 heavy (non-hydrogen) atoms. The Morgan fingerprint density at radius 1 is 1.40 bits per heavy atom. The molecular formula is C14H26ClN5. The average Bonchev–Trinajstić information content (AvgIpc) is 2.82. The topological polar surface area (TPSA) is 59.1 Å². The molecule has 1 aromatic heterocycles. The van der Waals surface area contributed by atoms with E-state index in [4.69, 9.17) is 17.4 Å². The Labute approximate surface area is 126 Å². The normalized spacial score (nSPS) is 19.2. The molecule has 1 aliphatic heterocycles. The minimum absolute atomic E-state index is 0.0458. The zero-order valence-corrected chi connectivity index (χ0v) is 13.5. The minimum atomic E-state index is -0.105. The summed E-state index contributed by atoms with van der Waals surface area (Å²) < 4.78 is 1.93. The van der Waals surface area contributed by atoms with Crippen LogP contribution >= 0.6 is 11.6 Å². The van der Waals surface area contributed by atoms with Gasteiger partial charge in [-0.3, -0.25) is 15.4 Å². The molecule has 5 nitrogen and oxygen atoms in total. The first-order valence-corrected chi connectivity index (χ1v) is 7.82. The van der Waals surface area contributed by atoms with Gasteiger partial charge in [-0.05, 0) is 46.7 Å². The number of aromatic nitrogens is 2. The molecule has 0 radical (unpaired) electrons. The van der Waals surface area contributed by atoms with Crippen LogP contribution in [0.15, 0.2) is 6.20 Å². The maximum Gasteiger partial charge on any atom is 0.0835 e. The molecule has 0 aliphatic carbocycles. The van der Waals surface area contributed by atoms with Gasteiger partial charge in [-0.1, -0.05) is 18.0 Å². The van der Waals surface area contributed by atoms with Crippen LogP contribution in [-0.2, 0) is 6.54 Å². The average molecular weight is 300 g/mol.